The highest BCUT2D eigenvalue weighted by molar-refractivity contribution is 5.83. The Morgan fingerprint density at radius 1 is 1.35 bits per heavy atom. The first-order valence-electron chi connectivity index (χ1n) is 6.61. The molecule has 1 amide bonds. The van der Waals surface area contributed by atoms with Crippen molar-refractivity contribution in [3.63, 3.8) is 0 Å². The first kappa shape index (κ1) is 16.0. The van der Waals surface area contributed by atoms with Crippen molar-refractivity contribution in [3.05, 3.63) is 29.3 Å². The molecular weight excluding hydrogens is 258 g/mol. The van der Waals surface area contributed by atoms with Crippen molar-refractivity contribution >= 4 is 11.9 Å². The minimum atomic E-state index is -0.997. The van der Waals surface area contributed by atoms with E-state index in [9.17, 15) is 9.59 Å². The van der Waals surface area contributed by atoms with Crippen LogP contribution in [-0.2, 0) is 16.0 Å². The van der Waals surface area contributed by atoms with E-state index in [0.717, 1.165) is 17.5 Å². The molecule has 1 N–H and O–H groups in total. The number of ether oxygens (including phenoxy) is 1. The van der Waals surface area contributed by atoms with Gasteiger partial charge in [-0.3, -0.25) is 9.59 Å². The maximum atomic E-state index is 12.2. The van der Waals surface area contributed by atoms with E-state index in [1.807, 2.05) is 32.0 Å². The zero-order chi connectivity index (χ0) is 15.1. The highest BCUT2D eigenvalue weighted by Gasteiger charge is 2.18. The van der Waals surface area contributed by atoms with Crippen LogP contribution in [-0.4, -0.2) is 42.1 Å². The minimum Gasteiger partial charge on any atom is -0.496 e. The number of hydrogen-bond donors (Lipinski definition) is 1. The molecule has 5 nitrogen and oxygen atoms in total. The Hall–Kier alpha value is -2.04. The molecule has 0 aromatic heterocycles. The number of hydrogen-bond acceptors (Lipinski definition) is 3. The smallest absolute Gasteiger partial charge is 0.323 e. The summed E-state index contributed by atoms with van der Waals surface area (Å²) >= 11 is 0. The van der Waals surface area contributed by atoms with E-state index in [-0.39, 0.29) is 18.9 Å². The zero-order valence-corrected chi connectivity index (χ0v) is 12.2. The van der Waals surface area contributed by atoms with Gasteiger partial charge in [0.2, 0.25) is 5.91 Å². The molecule has 0 bridgehead atoms. The molecule has 20 heavy (non-hydrogen) atoms. The molecule has 0 saturated carbocycles. The van der Waals surface area contributed by atoms with Gasteiger partial charge in [-0.25, -0.2) is 0 Å². The standard InChI is InChI=1S/C15H21NO4/c1-4-7-16(10-15(18)19)14(17)9-12-8-11(2)5-6-13(12)20-3/h5-6,8H,4,7,9-10H2,1-3H3,(H,18,19). The average molecular weight is 279 g/mol. The molecule has 0 atom stereocenters. The fourth-order valence-corrected chi connectivity index (χ4v) is 2.05. The van der Waals surface area contributed by atoms with Crippen LogP contribution in [0.15, 0.2) is 18.2 Å². The fraction of sp³-hybridized carbons (Fsp3) is 0.467. The van der Waals surface area contributed by atoms with Crippen LogP contribution in [0.3, 0.4) is 0 Å². The van der Waals surface area contributed by atoms with Crippen LogP contribution in [0.2, 0.25) is 0 Å². The van der Waals surface area contributed by atoms with E-state index in [1.165, 1.54) is 4.90 Å². The number of carbonyl (C=O) groups excluding carboxylic acids is 1. The number of aliphatic carboxylic acids is 1. The van der Waals surface area contributed by atoms with Gasteiger partial charge in [0, 0.05) is 12.1 Å². The number of aryl methyl sites for hydroxylation is 1. The number of carboxylic acid groups (broad SMARTS) is 1. The van der Waals surface area contributed by atoms with Gasteiger partial charge in [-0.05, 0) is 19.4 Å². The van der Waals surface area contributed by atoms with Crippen molar-refractivity contribution in [3.8, 4) is 5.75 Å². The van der Waals surface area contributed by atoms with Crippen LogP contribution in [0.1, 0.15) is 24.5 Å². The van der Waals surface area contributed by atoms with Crippen LogP contribution >= 0.6 is 0 Å². The van der Waals surface area contributed by atoms with Crippen molar-refractivity contribution in [2.75, 3.05) is 20.2 Å². The molecule has 0 fully saturated rings. The molecule has 1 rings (SSSR count). The Kier molecular flexibility index (Phi) is 6.03. The Labute approximate surface area is 119 Å². The summed E-state index contributed by atoms with van der Waals surface area (Å²) in [6.07, 6.45) is 0.877. The molecule has 1 aromatic carbocycles. The molecule has 110 valence electrons. The summed E-state index contributed by atoms with van der Waals surface area (Å²) in [4.78, 5) is 24.4. The summed E-state index contributed by atoms with van der Waals surface area (Å²) in [6, 6.07) is 5.62. The first-order valence-corrected chi connectivity index (χ1v) is 6.61. The molecule has 0 aliphatic heterocycles. The summed E-state index contributed by atoms with van der Waals surface area (Å²) in [6.45, 7) is 4.03. The molecular formula is C15H21NO4. The molecule has 1 aromatic rings. The van der Waals surface area contributed by atoms with Gasteiger partial charge in [0.15, 0.2) is 0 Å². The van der Waals surface area contributed by atoms with Crippen molar-refractivity contribution < 1.29 is 19.4 Å². The Bertz CT molecular complexity index is 485. The topological polar surface area (TPSA) is 66.8 Å². The van der Waals surface area contributed by atoms with E-state index < -0.39 is 5.97 Å². The third kappa shape index (κ3) is 4.57. The lowest BCUT2D eigenvalue weighted by Crippen LogP contribution is -2.37. The monoisotopic (exact) mass is 279 g/mol. The summed E-state index contributed by atoms with van der Waals surface area (Å²) in [5, 5.41) is 8.85. The van der Waals surface area contributed by atoms with Gasteiger partial charge in [-0.1, -0.05) is 24.6 Å². The van der Waals surface area contributed by atoms with Gasteiger partial charge in [0.05, 0.1) is 13.5 Å². The second-order valence-corrected chi connectivity index (χ2v) is 4.70. The molecule has 0 unspecified atom stereocenters. The minimum absolute atomic E-state index is 0.151. The van der Waals surface area contributed by atoms with Crippen LogP contribution in [0.4, 0.5) is 0 Å². The normalized spacial score (nSPS) is 10.2. The SMILES string of the molecule is CCCN(CC(=O)O)C(=O)Cc1cc(C)ccc1OC. The highest BCUT2D eigenvalue weighted by atomic mass is 16.5. The van der Waals surface area contributed by atoms with Crippen LogP contribution in [0, 0.1) is 6.92 Å². The summed E-state index contributed by atoms with van der Waals surface area (Å²) < 4.78 is 5.23. The number of methoxy groups -OCH3 is 1. The molecule has 0 saturated heterocycles. The first-order chi connectivity index (χ1) is 9.47. The van der Waals surface area contributed by atoms with Crippen LogP contribution in [0.5, 0.6) is 5.75 Å². The van der Waals surface area contributed by atoms with Gasteiger partial charge < -0.3 is 14.7 Å². The van der Waals surface area contributed by atoms with Crippen molar-refractivity contribution in [1.82, 2.24) is 4.90 Å². The molecule has 0 aliphatic carbocycles. The molecule has 0 heterocycles. The highest BCUT2D eigenvalue weighted by Crippen LogP contribution is 2.20. The number of carbonyl (C=O) groups is 2. The Morgan fingerprint density at radius 2 is 2.05 bits per heavy atom. The predicted molar refractivity (Wildman–Crippen MR) is 75.9 cm³/mol. The lowest BCUT2D eigenvalue weighted by Gasteiger charge is -2.20. The van der Waals surface area contributed by atoms with E-state index in [1.54, 1.807) is 7.11 Å². The van der Waals surface area contributed by atoms with E-state index in [4.69, 9.17) is 9.84 Å². The molecule has 0 aliphatic rings. The third-order valence-corrected chi connectivity index (χ3v) is 2.95. The summed E-state index contributed by atoms with van der Waals surface area (Å²) in [5.41, 5.74) is 1.82. The van der Waals surface area contributed by atoms with Gasteiger partial charge in [-0.15, -0.1) is 0 Å². The van der Waals surface area contributed by atoms with Crippen molar-refractivity contribution in [1.29, 1.82) is 0 Å². The molecule has 0 radical (unpaired) electrons. The quantitative estimate of drug-likeness (QED) is 0.827. The summed E-state index contributed by atoms with van der Waals surface area (Å²) in [5.74, 6) is -0.545. The zero-order valence-electron chi connectivity index (χ0n) is 12.2. The number of carboxylic acids is 1. The fourth-order valence-electron chi connectivity index (χ4n) is 2.05. The second-order valence-electron chi connectivity index (χ2n) is 4.70. The lowest BCUT2D eigenvalue weighted by molar-refractivity contribution is -0.144. The number of benzene rings is 1. The van der Waals surface area contributed by atoms with Gasteiger partial charge in [-0.2, -0.15) is 0 Å². The lowest BCUT2D eigenvalue weighted by atomic mass is 10.1. The van der Waals surface area contributed by atoms with Crippen LogP contribution < -0.4 is 4.74 Å². The summed E-state index contributed by atoms with van der Waals surface area (Å²) in [7, 11) is 1.56. The maximum Gasteiger partial charge on any atom is 0.323 e. The van der Waals surface area contributed by atoms with Gasteiger partial charge in [0.1, 0.15) is 12.3 Å². The third-order valence-electron chi connectivity index (χ3n) is 2.95. The van der Waals surface area contributed by atoms with E-state index in [2.05, 4.69) is 0 Å². The largest absolute Gasteiger partial charge is 0.496 e. The Morgan fingerprint density at radius 3 is 2.60 bits per heavy atom. The van der Waals surface area contributed by atoms with Crippen LogP contribution in [0.25, 0.3) is 0 Å². The Balaban J connectivity index is 2.86. The predicted octanol–water partition coefficient (Wildman–Crippen LogP) is 1.87. The number of nitrogens with zero attached hydrogens (tertiary/aromatic N) is 1. The maximum absolute atomic E-state index is 12.2. The second kappa shape index (κ2) is 7.53. The molecule has 5 heteroatoms. The number of amides is 1. The van der Waals surface area contributed by atoms with Gasteiger partial charge >= 0.3 is 5.97 Å². The van der Waals surface area contributed by atoms with Gasteiger partial charge in [0.25, 0.3) is 0 Å². The number of rotatable bonds is 7. The van der Waals surface area contributed by atoms with Crippen molar-refractivity contribution in [2.45, 2.75) is 26.7 Å². The average Bonchev–Trinajstić information content (AvgIpc) is 2.38. The molecule has 0 spiro atoms. The van der Waals surface area contributed by atoms with E-state index in [0.29, 0.717) is 12.3 Å². The van der Waals surface area contributed by atoms with Crippen molar-refractivity contribution in [2.24, 2.45) is 0 Å². The van der Waals surface area contributed by atoms with E-state index >= 15 is 0 Å².